The molecule has 4 unspecified atom stereocenters. The number of carbonyl (C=O) groups is 1. The van der Waals surface area contributed by atoms with E-state index >= 15 is 0 Å². The number of benzene rings is 3. The lowest BCUT2D eigenvalue weighted by atomic mass is 9.81. The van der Waals surface area contributed by atoms with Crippen LogP contribution >= 0.6 is 0 Å². The Morgan fingerprint density at radius 3 is 2.45 bits per heavy atom. The van der Waals surface area contributed by atoms with Gasteiger partial charge in [-0.1, -0.05) is 66.7 Å². The van der Waals surface area contributed by atoms with Crippen LogP contribution in [0.25, 0.3) is 0 Å². The van der Waals surface area contributed by atoms with Gasteiger partial charge >= 0.3 is 5.97 Å². The molecule has 0 radical (unpaired) electrons. The van der Waals surface area contributed by atoms with E-state index < -0.39 is 0 Å². The highest BCUT2D eigenvalue weighted by molar-refractivity contribution is 5.76. The van der Waals surface area contributed by atoms with Gasteiger partial charge in [0.05, 0.1) is 12.5 Å². The third-order valence-corrected chi connectivity index (χ3v) is 6.75. The number of rotatable bonds is 5. The lowest BCUT2D eigenvalue weighted by molar-refractivity contribution is -0.149. The largest absolute Gasteiger partial charge is 0.466 e. The van der Waals surface area contributed by atoms with E-state index in [4.69, 9.17) is 4.74 Å². The summed E-state index contributed by atoms with van der Waals surface area (Å²) >= 11 is 0. The highest BCUT2D eigenvalue weighted by Gasteiger charge is 2.56. The van der Waals surface area contributed by atoms with E-state index in [1.165, 1.54) is 28.8 Å². The summed E-state index contributed by atoms with van der Waals surface area (Å²) in [5, 5.41) is 0. The molecule has 2 bridgehead atoms. The molecule has 2 heterocycles. The van der Waals surface area contributed by atoms with Crippen LogP contribution in [0.3, 0.4) is 0 Å². The number of carbonyl (C=O) groups excluding carboxylic acids is 1. The molecule has 3 aromatic carbocycles. The molecule has 0 aromatic heterocycles. The Hall–Kier alpha value is -2.98. The standard InChI is InChI=1S/C27H26FNO2/c1-2-31-27(30)25-23-16-20-10-6-7-11-22(20)26(24(25)19-12-14-21(28)15-13-19)29(23)17-18-8-4-3-5-9-18/h3-15,23-26H,2,16-17H2,1H3. The zero-order valence-electron chi connectivity index (χ0n) is 17.6. The maximum Gasteiger partial charge on any atom is 0.311 e. The van der Waals surface area contributed by atoms with Crippen molar-refractivity contribution in [3.05, 3.63) is 107 Å². The van der Waals surface area contributed by atoms with Gasteiger partial charge in [0.15, 0.2) is 0 Å². The summed E-state index contributed by atoms with van der Waals surface area (Å²) in [5.74, 6) is -0.808. The van der Waals surface area contributed by atoms with Crippen molar-refractivity contribution in [2.45, 2.75) is 37.9 Å². The number of esters is 1. The number of halogens is 1. The zero-order valence-corrected chi connectivity index (χ0v) is 17.6. The van der Waals surface area contributed by atoms with Crippen LogP contribution in [-0.4, -0.2) is 23.5 Å². The lowest BCUT2D eigenvalue weighted by Crippen LogP contribution is -2.41. The van der Waals surface area contributed by atoms with Crippen molar-refractivity contribution in [2.24, 2.45) is 5.92 Å². The minimum atomic E-state index is -0.300. The lowest BCUT2D eigenvalue weighted by Gasteiger charge is -2.37. The first kappa shape index (κ1) is 20.0. The summed E-state index contributed by atoms with van der Waals surface area (Å²) in [6.45, 7) is 2.97. The summed E-state index contributed by atoms with van der Waals surface area (Å²) < 4.78 is 19.3. The maximum atomic E-state index is 13.7. The van der Waals surface area contributed by atoms with Crippen molar-refractivity contribution in [1.82, 2.24) is 4.90 Å². The summed E-state index contributed by atoms with van der Waals surface area (Å²) in [6.07, 6.45) is 0.806. The van der Waals surface area contributed by atoms with Gasteiger partial charge in [-0.15, -0.1) is 0 Å². The molecule has 5 rings (SSSR count). The normalized spacial score (nSPS) is 24.6. The summed E-state index contributed by atoms with van der Waals surface area (Å²) in [6, 6.07) is 25.6. The fourth-order valence-corrected chi connectivity index (χ4v) is 5.53. The fraction of sp³-hybridized carbons (Fsp3) is 0.296. The quantitative estimate of drug-likeness (QED) is 0.532. The first-order valence-corrected chi connectivity index (χ1v) is 11.0. The van der Waals surface area contributed by atoms with E-state index in [1.54, 1.807) is 0 Å². The minimum absolute atomic E-state index is 0.0363. The van der Waals surface area contributed by atoms with Gasteiger partial charge in [0.25, 0.3) is 0 Å². The van der Waals surface area contributed by atoms with E-state index in [1.807, 2.05) is 25.1 Å². The number of hydrogen-bond donors (Lipinski definition) is 0. The highest BCUT2D eigenvalue weighted by atomic mass is 19.1. The molecule has 2 aliphatic rings. The predicted octanol–water partition coefficient (Wildman–Crippen LogP) is 5.27. The SMILES string of the molecule is CCOC(=O)C1C(c2ccc(F)cc2)C2c3ccccc3CC1N2Cc1ccccc1. The van der Waals surface area contributed by atoms with Crippen molar-refractivity contribution in [3.8, 4) is 0 Å². The molecule has 158 valence electrons. The molecular weight excluding hydrogens is 389 g/mol. The third kappa shape index (κ3) is 3.55. The smallest absolute Gasteiger partial charge is 0.311 e. The maximum absolute atomic E-state index is 13.7. The van der Waals surface area contributed by atoms with Crippen LogP contribution < -0.4 is 0 Å². The number of fused-ring (bicyclic) bond motifs is 4. The Labute approximate surface area is 182 Å². The third-order valence-electron chi connectivity index (χ3n) is 6.75. The van der Waals surface area contributed by atoms with Gasteiger partial charge in [-0.2, -0.15) is 0 Å². The Balaban J connectivity index is 1.65. The van der Waals surface area contributed by atoms with Gasteiger partial charge in [-0.3, -0.25) is 9.69 Å². The van der Waals surface area contributed by atoms with Crippen LogP contribution in [-0.2, 0) is 22.5 Å². The van der Waals surface area contributed by atoms with Crippen molar-refractivity contribution in [1.29, 1.82) is 0 Å². The second-order valence-corrected chi connectivity index (χ2v) is 8.43. The van der Waals surface area contributed by atoms with E-state index in [9.17, 15) is 9.18 Å². The van der Waals surface area contributed by atoms with Gasteiger partial charge in [0, 0.05) is 24.5 Å². The van der Waals surface area contributed by atoms with Crippen molar-refractivity contribution in [3.63, 3.8) is 0 Å². The van der Waals surface area contributed by atoms with Gasteiger partial charge < -0.3 is 4.74 Å². The summed E-state index contributed by atoms with van der Waals surface area (Å²) in [4.78, 5) is 15.7. The van der Waals surface area contributed by atoms with Crippen LogP contribution in [0, 0.1) is 11.7 Å². The summed E-state index contributed by atoms with van der Waals surface area (Å²) in [7, 11) is 0. The molecular formula is C27H26FNO2. The summed E-state index contributed by atoms with van der Waals surface area (Å²) in [5.41, 5.74) is 4.76. The molecule has 0 spiro atoms. The topological polar surface area (TPSA) is 29.5 Å². The molecule has 3 aromatic rings. The number of ether oxygens (including phenoxy) is 1. The van der Waals surface area contributed by atoms with Gasteiger partial charge in [0.2, 0.25) is 0 Å². The Kier molecular flexibility index (Phi) is 5.33. The molecule has 4 heteroatoms. The van der Waals surface area contributed by atoms with Gasteiger partial charge in [0.1, 0.15) is 5.82 Å². The van der Waals surface area contributed by atoms with E-state index in [0.29, 0.717) is 6.61 Å². The van der Waals surface area contributed by atoms with E-state index in [-0.39, 0.29) is 35.7 Å². The molecule has 0 N–H and O–H groups in total. The molecule has 0 saturated carbocycles. The van der Waals surface area contributed by atoms with Crippen LogP contribution in [0.1, 0.15) is 41.1 Å². The fourth-order valence-electron chi connectivity index (χ4n) is 5.53. The predicted molar refractivity (Wildman–Crippen MR) is 118 cm³/mol. The molecule has 1 fully saturated rings. The van der Waals surface area contributed by atoms with Crippen LogP contribution in [0.2, 0.25) is 0 Å². The second-order valence-electron chi connectivity index (χ2n) is 8.43. The first-order chi connectivity index (χ1) is 15.2. The van der Waals surface area contributed by atoms with Gasteiger partial charge in [-0.05, 0) is 47.7 Å². The minimum Gasteiger partial charge on any atom is -0.466 e. The average Bonchev–Trinajstić information content (AvgIpc) is 3.00. The van der Waals surface area contributed by atoms with Gasteiger partial charge in [-0.25, -0.2) is 4.39 Å². The molecule has 1 saturated heterocycles. The van der Waals surface area contributed by atoms with E-state index in [2.05, 4.69) is 53.4 Å². The van der Waals surface area contributed by atoms with Crippen molar-refractivity contribution in [2.75, 3.05) is 6.61 Å². The molecule has 3 nitrogen and oxygen atoms in total. The molecule has 31 heavy (non-hydrogen) atoms. The molecule has 0 aliphatic carbocycles. The average molecular weight is 416 g/mol. The molecule has 2 aliphatic heterocycles. The Bertz CT molecular complexity index is 1070. The molecule has 0 amide bonds. The number of nitrogens with zero attached hydrogens (tertiary/aromatic N) is 1. The highest BCUT2D eigenvalue weighted by Crippen LogP contribution is 2.55. The Morgan fingerprint density at radius 2 is 1.71 bits per heavy atom. The zero-order chi connectivity index (χ0) is 21.4. The first-order valence-electron chi connectivity index (χ1n) is 11.0. The molecule has 4 atom stereocenters. The van der Waals surface area contributed by atoms with E-state index in [0.717, 1.165) is 18.5 Å². The van der Waals surface area contributed by atoms with Crippen LogP contribution in [0.4, 0.5) is 4.39 Å². The van der Waals surface area contributed by atoms with Crippen molar-refractivity contribution >= 4 is 5.97 Å². The second kappa shape index (κ2) is 8.27. The monoisotopic (exact) mass is 415 g/mol. The van der Waals surface area contributed by atoms with Crippen LogP contribution in [0.5, 0.6) is 0 Å². The number of hydrogen-bond acceptors (Lipinski definition) is 3. The van der Waals surface area contributed by atoms with Crippen molar-refractivity contribution < 1.29 is 13.9 Å². The Morgan fingerprint density at radius 1 is 1.00 bits per heavy atom. The van der Waals surface area contributed by atoms with Crippen LogP contribution in [0.15, 0.2) is 78.9 Å².